The van der Waals surface area contributed by atoms with Crippen molar-refractivity contribution in [1.82, 2.24) is 10.3 Å². The predicted octanol–water partition coefficient (Wildman–Crippen LogP) is 2.32. The fourth-order valence-corrected chi connectivity index (χ4v) is 3.29. The number of hydrogen-bond donors (Lipinski definition) is 2. The van der Waals surface area contributed by atoms with Gasteiger partial charge in [0.2, 0.25) is 5.91 Å². The fraction of sp³-hybridized carbons (Fsp3) is 0.364. The van der Waals surface area contributed by atoms with E-state index in [1.54, 1.807) is 36.5 Å². The average molecular weight is 407 g/mol. The molecule has 2 aromatic rings. The van der Waals surface area contributed by atoms with E-state index in [1.807, 2.05) is 13.0 Å². The SMILES string of the molecule is CCNC(=O)COc1ccc(NC(=O)C2CCN(c3ccc(C#N)cn3)CC2)cc1. The topological polar surface area (TPSA) is 107 Å². The summed E-state index contributed by atoms with van der Waals surface area (Å²) in [6.45, 7) is 3.86. The molecule has 8 nitrogen and oxygen atoms in total. The lowest BCUT2D eigenvalue weighted by Gasteiger charge is -2.32. The number of benzene rings is 1. The van der Waals surface area contributed by atoms with Gasteiger partial charge < -0.3 is 20.3 Å². The monoisotopic (exact) mass is 407 g/mol. The number of ether oxygens (including phenoxy) is 1. The molecule has 2 N–H and O–H groups in total. The number of nitrogens with zero attached hydrogens (tertiary/aromatic N) is 3. The lowest BCUT2D eigenvalue weighted by molar-refractivity contribution is -0.123. The van der Waals surface area contributed by atoms with Crippen LogP contribution >= 0.6 is 0 Å². The highest BCUT2D eigenvalue weighted by Gasteiger charge is 2.25. The van der Waals surface area contributed by atoms with Gasteiger partial charge >= 0.3 is 0 Å². The van der Waals surface area contributed by atoms with Crippen molar-refractivity contribution >= 4 is 23.3 Å². The zero-order valence-electron chi connectivity index (χ0n) is 16.9. The minimum Gasteiger partial charge on any atom is -0.484 e. The number of likely N-dealkylation sites (N-methyl/N-ethyl adjacent to an activating group) is 1. The molecule has 30 heavy (non-hydrogen) atoms. The first-order valence-corrected chi connectivity index (χ1v) is 10.0. The van der Waals surface area contributed by atoms with Crippen LogP contribution in [0.1, 0.15) is 25.3 Å². The van der Waals surface area contributed by atoms with E-state index in [9.17, 15) is 9.59 Å². The van der Waals surface area contributed by atoms with Crippen LogP contribution in [0.4, 0.5) is 11.5 Å². The van der Waals surface area contributed by atoms with Crippen LogP contribution in [0.15, 0.2) is 42.6 Å². The summed E-state index contributed by atoms with van der Waals surface area (Å²) in [5.41, 5.74) is 1.23. The Morgan fingerprint density at radius 2 is 1.93 bits per heavy atom. The molecule has 0 unspecified atom stereocenters. The van der Waals surface area contributed by atoms with Crippen molar-refractivity contribution in [3.63, 3.8) is 0 Å². The Labute approximate surface area is 175 Å². The zero-order valence-corrected chi connectivity index (χ0v) is 16.9. The fourth-order valence-electron chi connectivity index (χ4n) is 3.29. The summed E-state index contributed by atoms with van der Waals surface area (Å²) in [4.78, 5) is 30.5. The number of pyridine rings is 1. The molecule has 3 rings (SSSR count). The quantitative estimate of drug-likeness (QED) is 0.729. The van der Waals surface area contributed by atoms with Crippen LogP contribution in [-0.2, 0) is 9.59 Å². The molecule has 0 atom stereocenters. The van der Waals surface area contributed by atoms with Gasteiger partial charge in [-0.05, 0) is 56.2 Å². The summed E-state index contributed by atoms with van der Waals surface area (Å²) in [5, 5.41) is 14.5. The number of amides is 2. The van der Waals surface area contributed by atoms with Crippen molar-refractivity contribution in [2.45, 2.75) is 19.8 Å². The Kier molecular flexibility index (Phi) is 7.22. The van der Waals surface area contributed by atoms with Gasteiger partial charge in [-0.25, -0.2) is 4.98 Å². The third-order valence-corrected chi connectivity index (χ3v) is 4.93. The van der Waals surface area contributed by atoms with Gasteiger partial charge in [0.25, 0.3) is 5.91 Å². The van der Waals surface area contributed by atoms with Crippen molar-refractivity contribution in [3.05, 3.63) is 48.2 Å². The Hall–Kier alpha value is -3.60. The van der Waals surface area contributed by atoms with E-state index < -0.39 is 0 Å². The molecule has 0 radical (unpaired) electrons. The molecule has 0 spiro atoms. The lowest BCUT2D eigenvalue weighted by Crippen LogP contribution is -2.38. The Balaban J connectivity index is 1.46. The van der Waals surface area contributed by atoms with E-state index in [0.29, 0.717) is 23.5 Å². The molecule has 2 amide bonds. The first-order valence-electron chi connectivity index (χ1n) is 10.0. The van der Waals surface area contributed by atoms with E-state index in [0.717, 1.165) is 31.7 Å². The maximum absolute atomic E-state index is 12.6. The van der Waals surface area contributed by atoms with Crippen LogP contribution < -0.4 is 20.3 Å². The first kappa shape index (κ1) is 21.1. The standard InChI is InChI=1S/C22H25N5O3/c1-2-24-21(28)15-30-19-6-4-18(5-7-19)26-22(29)17-9-11-27(12-10-17)20-8-3-16(13-23)14-25-20/h3-8,14,17H,2,9-12,15H2,1H3,(H,24,28)(H,26,29). The van der Waals surface area contributed by atoms with E-state index >= 15 is 0 Å². The molecule has 2 heterocycles. The van der Waals surface area contributed by atoms with Crippen molar-refractivity contribution < 1.29 is 14.3 Å². The largest absolute Gasteiger partial charge is 0.484 e. The number of hydrogen-bond acceptors (Lipinski definition) is 6. The van der Waals surface area contributed by atoms with Crippen molar-refractivity contribution in [2.75, 3.05) is 36.5 Å². The zero-order chi connectivity index (χ0) is 21.3. The maximum atomic E-state index is 12.6. The van der Waals surface area contributed by atoms with E-state index in [-0.39, 0.29) is 24.3 Å². The normalized spacial score (nSPS) is 13.9. The minimum atomic E-state index is -0.169. The summed E-state index contributed by atoms with van der Waals surface area (Å²) in [7, 11) is 0. The van der Waals surface area contributed by atoms with Gasteiger partial charge in [-0.15, -0.1) is 0 Å². The number of carbonyl (C=O) groups excluding carboxylic acids is 2. The third-order valence-electron chi connectivity index (χ3n) is 4.93. The highest BCUT2D eigenvalue weighted by atomic mass is 16.5. The van der Waals surface area contributed by atoms with E-state index in [1.165, 1.54) is 0 Å². The number of nitriles is 1. The molecule has 0 aliphatic carbocycles. The molecule has 1 aromatic heterocycles. The molecule has 1 saturated heterocycles. The molecule has 1 aromatic carbocycles. The van der Waals surface area contributed by atoms with Crippen molar-refractivity contribution in [1.29, 1.82) is 5.26 Å². The Bertz CT molecular complexity index is 898. The minimum absolute atomic E-state index is 0.00145. The maximum Gasteiger partial charge on any atom is 0.257 e. The smallest absolute Gasteiger partial charge is 0.257 e. The molecular weight excluding hydrogens is 382 g/mol. The molecule has 1 aliphatic rings. The lowest BCUT2D eigenvalue weighted by atomic mass is 9.95. The van der Waals surface area contributed by atoms with Gasteiger partial charge in [0.1, 0.15) is 17.6 Å². The third kappa shape index (κ3) is 5.70. The van der Waals surface area contributed by atoms with Crippen LogP contribution in [0.3, 0.4) is 0 Å². The molecular formula is C22H25N5O3. The predicted molar refractivity (Wildman–Crippen MR) is 113 cm³/mol. The summed E-state index contributed by atoms with van der Waals surface area (Å²) in [6.07, 6.45) is 3.04. The molecule has 156 valence electrons. The van der Waals surface area contributed by atoms with Crippen LogP contribution in [0, 0.1) is 17.2 Å². The second-order valence-corrected chi connectivity index (χ2v) is 7.03. The highest BCUT2D eigenvalue weighted by molar-refractivity contribution is 5.92. The first-order chi connectivity index (χ1) is 14.6. The van der Waals surface area contributed by atoms with Gasteiger partial charge in [0.05, 0.1) is 5.56 Å². The van der Waals surface area contributed by atoms with E-state index in [2.05, 4.69) is 26.6 Å². The van der Waals surface area contributed by atoms with Crippen molar-refractivity contribution in [2.24, 2.45) is 5.92 Å². The number of piperidine rings is 1. The summed E-state index contributed by atoms with van der Waals surface area (Å²) >= 11 is 0. The molecule has 1 aliphatic heterocycles. The average Bonchev–Trinajstić information content (AvgIpc) is 2.79. The van der Waals surface area contributed by atoms with Crippen LogP contribution in [-0.4, -0.2) is 43.0 Å². The second kappa shape index (κ2) is 10.3. The number of anilines is 2. The molecule has 0 saturated carbocycles. The number of carbonyl (C=O) groups is 2. The van der Waals surface area contributed by atoms with Gasteiger partial charge in [-0.3, -0.25) is 9.59 Å². The van der Waals surface area contributed by atoms with Crippen LogP contribution in [0.25, 0.3) is 0 Å². The molecule has 0 bridgehead atoms. The van der Waals surface area contributed by atoms with Gasteiger partial charge in [0.15, 0.2) is 6.61 Å². The van der Waals surface area contributed by atoms with Gasteiger partial charge in [-0.1, -0.05) is 0 Å². The summed E-state index contributed by atoms with van der Waals surface area (Å²) < 4.78 is 5.41. The summed E-state index contributed by atoms with van der Waals surface area (Å²) in [6, 6.07) is 12.6. The number of aromatic nitrogens is 1. The number of nitrogens with one attached hydrogen (secondary N) is 2. The van der Waals surface area contributed by atoms with Gasteiger partial charge in [-0.2, -0.15) is 5.26 Å². The highest BCUT2D eigenvalue weighted by Crippen LogP contribution is 2.24. The van der Waals surface area contributed by atoms with Crippen molar-refractivity contribution in [3.8, 4) is 11.8 Å². The Morgan fingerprint density at radius 3 is 2.53 bits per heavy atom. The molecule has 1 fully saturated rings. The second-order valence-electron chi connectivity index (χ2n) is 7.03. The van der Waals surface area contributed by atoms with Crippen LogP contribution in [0.5, 0.6) is 5.75 Å². The van der Waals surface area contributed by atoms with E-state index in [4.69, 9.17) is 10.00 Å². The Morgan fingerprint density at radius 1 is 1.20 bits per heavy atom. The molecule has 8 heteroatoms. The summed E-state index contributed by atoms with van der Waals surface area (Å²) in [5.74, 6) is 1.17. The van der Waals surface area contributed by atoms with Gasteiger partial charge in [0, 0.05) is 37.4 Å². The number of rotatable bonds is 7. The van der Waals surface area contributed by atoms with Crippen LogP contribution in [0.2, 0.25) is 0 Å².